The first kappa shape index (κ1) is 16.8. The minimum atomic E-state index is -1.13. The number of carboxylic acid groups (broad SMARTS) is 1. The summed E-state index contributed by atoms with van der Waals surface area (Å²) in [7, 11) is 0. The summed E-state index contributed by atoms with van der Waals surface area (Å²) < 4.78 is 0. The van der Waals surface area contributed by atoms with Gasteiger partial charge in [0.2, 0.25) is 0 Å². The third-order valence-electron chi connectivity index (χ3n) is 2.74. The molecule has 0 saturated carbocycles. The summed E-state index contributed by atoms with van der Waals surface area (Å²) in [4.78, 5) is 23.1. The smallest absolute Gasteiger partial charge is 0.326 e. The van der Waals surface area contributed by atoms with Crippen LogP contribution in [0.5, 0.6) is 0 Å². The first-order chi connectivity index (χ1) is 9.65. The average molecular weight is 310 g/mol. The lowest BCUT2D eigenvalue weighted by atomic mass is 9.87. The highest BCUT2D eigenvalue weighted by Crippen LogP contribution is 2.22. The number of benzene rings is 1. The van der Waals surface area contributed by atoms with Crippen LogP contribution in [0.2, 0.25) is 5.02 Å². The van der Waals surface area contributed by atoms with Crippen molar-refractivity contribution in [3.8, 4) is 6.07 Å². The highest BCUT2D eigenvalue weighted by Gasteiger charge is 2.32. The van der Waals surface area contributed by atoms with Crippen LogP contribution in [0.3, 0.4) is 0 Å². The maximum atomic E-state index is 11.9. The standard InChI is InChI=1S/C14H16ClN3O3/c1-14(2,3)11(12(19)20)18-13(21)17-10-6-9(15)5-4-8(10)7-16/h4-6,11H,1-3H3,(H,19,20)(H2,17,18,21)/t11-/m1/s1. The molecule has 1 atom stereocenters. The molecular weight excluding hydrogens is 294 g/mol. The number of amides is 2. The molecule has 1 rings (SSSR count). The van der Waals surface area contributed by atoms with Crippen molar-refractivity contribution in [1.29, 1.82) is 5.26 Å². The van der Waals surface area contributed by atoms with E-state index in [9.17, 15) is 9.59 Å². The Morgan fingerprint density at radius 3 is 2.48 bits per heavy atom. The molecule has 0 aliphatic carbocycles. The second-order valence-electron chi connectivity index (χ2n) is 5.54. The van der Waals surface area contributed by atoms with Crippen molar-refractivity contribution in [2.24, 2.45) is 5.41 Å². The van der Waals surface area contributed by atoms with E-state index in [0.717, 1.165) is 0 Å². The number of nitrogens with zero attached hydrogens (tertiary/aromatic N) is 1. The number of carbonyl (C=O) groups is 2. The lowest BCUT2D eigenvalue weighted by molar-refractivity contribution is -0.141. The second kappa shape index (κ2) is 6.46. The first-order valence-electron chi connectivity index (χ1n) is 6.15. The Balaban J connectivity index is 2.90. The Bertz CT molecular complexity index is 602. The molecule has 0 fully saturated rings. The Morgan fingerprint density at radius 2 is 2.00 bits per heavy atom. The molecule has 2 amide bonds. The number of halogens is 1. The van der Waals surface area contributed by atoms with Crippen molar-refractivity contribution in [3.63, 3.8) is 0 Å². The minimum Gasteiger partial charge on any atom is -0.480 e. The first-order valence-corrected chi connectivity index (χ1v) is 6.53. The van der Waals surface area contributed by atoms with Crippen LogP contribution < -0.4 is 10.6 Å². The summed E-state index contributed by atoms with van der Waals surface area (Å²) in [5, 5.41) is 23.3. The highest BCUT2D eigenvalue weighted by molar-refractivity contribution is 6.31. The number of anilines is 1. The van der Waals surface area contributed by atoms with Crippen molar-refractivity contribution in [3.05, 3.63) is 28.8 Å². The summed E-state index contributed by atoms with van der Waals surface area (Å²) >= 11 is 5.81. The molecule has 0 aromatic heterocycles. The van der Waals surface area contributed by atoms with E-state index < -0.39 is 23.5 Å². The maximum Gasteiger partial charge on any atom is 0.326 e. The molecule has 0 aliphatic rings. The summed E-state index contributed by atoms with van der Waals surface area (Å²) in [6, 6.07) is 4.56. The van der Waals surface area contributed by atoms with Gasteiger partial charge in [-0.2, -0.15) is 5.26 Å². The fraction of sp³-hybridized carbons (Fsp3) is 0.357. The Kier molecular flexibility index (Phi) is 5.17. The van der Waals surface area contributed by atoms with Crippen LogP contribution in [0, 0.1) is 16.7 Å². The van der Waals surface area contributed by atoms with E-state index in [-0.39, 0.29) is 11.3 Å². The number of carboxylic acids is 1. The zero-order chi connectivity index (χ0) is 16.2. The van der Waals surface area contributed by atoms with Gasteiger partial charge in [0.15, 0.2) is 0 Å². The van der Waals surface area contributed by atoms with Crippen LogP contribution in [-0.2, 0) is 4.79 Å². The van der Waals surface area contributed by atoms with E-state index in [1.54, 1.807) is 20.8 Å². The van der Waals surface area contributed by atoms with Gasteiger partial charge in [0.1, 0.15) is 12.1 Å². The molecular formula is C14H16ClN3O3. The second-order valence-corrected chi connectivity index (χ2v) is 5.97. The average Bonchev–Trinajstić information content (AvgIpc) is 2.34. The van der Waals surface area contributed by atoms with Gasteiger partial charge in [-0.15, -0.1) is 0 Å². The number of carbonyl (C=O) groups excluding carboxylic acids is 1. The Labute approximate surface area is 127 Å². The molecule has 0 unspecified atom stereocenters. The molecule has 0 bridgehead atoms. The number of nitrogens with one attached hydrogen (secondary N) is 2. The number of nitriles is 1. The van der Waals surface area contributed by atoms with Crippen molar-refractivity contribution in [1.82, 2.24) is 5.32 Å². The molecule has 112 valence electrons. The van der Waals surface area contributed by atoms with Gasteiger partial charge in [-0.05, 0) is 23.6 Å². The van der Waals surface area contributed by atoms with Gasteiger partial charge >= 0.3 is 12.0 Å². The van der Waals surface area contributed by atoms with E-state index in [1.807, 2.05) is 6.07 Å². The third kappa shape index (κ3) is 4.65. The summed E-state index contributed by atoms with van der Waals surface area (Å²) in [5.41, 5.74) is -0.201. The quantitative estimate of drug-likeness (QED) is 0.798. The summed E-state index contributed by atoms with van der Waals surface area (Å²) in [6.45, 7) is 5.10. The normalized spacial score (nSPS) is 12.1. The fourth-order valence-electron chi connectivity index (χ4n) is 1.66. The van der Waals surface area contributed by atoms with Crippen LogP contribution >= 0.6 is 11.6 Å². The minimum absolute atomic E-state index is 0.223. The predicted octanol–water partition coefficient (Wildman–Crippen LogP) is 2.83. The van der Waals surface area contributed by atoms with Crippen LogP contribution in [0.4, 0.5) is 10.5 Å². The van der Waals surface area contributed by atoms with Gasteiger partial charge in [0.25, 0.3) is 0 Å². The van der Waals surface area contributed by atoms with Crippen LogP contribution in [0.1, 0.15) is 26.3 Å². The predicted molar refractivity (Wildman–Crippen MR) is 79.2 cm³/mol. The van der Waals surface area contributed by atoms with Crippen LogP contribution in [0.25, 0.3) is 0 Å². The molecule has 0 radical (unpaired) electrons. The molecule has 1 aromatic rings. The van der Waals surface area contributed by atoms with Crippen molar-refractivity contribution in [2.45, 2.75) is 26.8 Å². The van der Waals surface area contributed by atoms with Crippen molar-refractivity contribution in [2.75, 3.05) is 5.32 Å². The molecule has 1 aromatic carbocycles. The fourth-order valence-corrected chi connectivity index (χ4v) is 1.83. The monoisotopic (exact) mass is 309 g/mol. The molecule has 0 heterocycles. The molecule has 6 nitrogen and oxygen atoms in total. The molecule has 7 heteroatoms. The maximum absolute atomic E-state index is 11.9. The van der Waals surface area contributed by atoms with Gasteiger partial charge in [0.05, 0.1) is 11.3 Å². The van der Waals surface area contributed by atoms with Gasteiger partial charge in [-0.25, -0.2) is 9.59 Å². The highest BCUT2D eigenvalue weighted by atomic mass is 35.5. The molecule has 0 spiro atoms. The molecule has 3 N–H and O–H groups in total. The van der Waals surface area contributed by atoms with Gasteiger partial charge in [-0.1, -0.05) is 32.4 Å². The summed E-state index contributed by atoms with van der Waals surface area (Å²) in [6.07, 6.45) is 0. The van der Waals surface area contributed by atoms with Crippen molar-refractivity contribution < 1.29 is 14.7 Å². The lowest BCUT2D eigenvalue weighted by Crippen LogP contribution is -2.50. The topological polar surface area (TPSA) is 102 Å². The zero-order valence-corrected chi connectivity index (χ0v) is 12.7. The Morgan fingerprint density at radius 1 is 1.38 bits per heavy atom. The van der Waals surface area contributed by atoms with Gasteiger partial charge in [-0.3, -0.25) is 0 Å². The van der Waals surface area contributed by atoms with E-state index >= 15 is 0 Å². The molecule has 0 aliphatic heterocycles. The molecule has 0 saturated heterocycles. The number of rotatable bonds is 3. The van der Waals surface area contributed by atoms with E-state index in [0.29, 0.717) is 5.02 Å². The van der Waals surface area contributed by atoms with E-state index in [2.05, 4.69) is 10.6 Å². The van der Waals surface area contributed by atoms with Crippen LogP contribution in [0.15, 0.2) is 18.2 Å². The molecule has 21 heavy (non-hydrogen) atoms. The van der Waals surface area contributed by atoms with Crippen molar-refractivity contribution >= 4 is 29.3 Å². The van der Waals surface area contributed by atoms with Gasteiger partial charge < -0.3 is 15.7 Å². The number of hydrogen-bond acceptors (Lipinski definition) is 3. The van der Waals surface area contributed by atoms with Gasteiger partial charge in [0, 0.05) is 5.02 Å². The SMILES string of the molecule is CC(C)(C)[C@H](NC(=O)Nc1cc(Cl)ccc1C#N)C(=O)O. The van der Waals surface area contributed by atoms with E-state index in [1.165, 1.54) is 18.2 Å². The number of urea groups is 1. The number of hydrogen-bond donors (Lipinski definition) is 3. The number of aliphatic carboxylic acids is 1. The van der Waals surface area contributed by atoms with Crippen LogP contribution in [-0.4, -0.2) is 23.1 Å². The Hall–Kier alpha value is -2.26. The zero-order valence-electron chi connectivity index (χ0n) is 11.9. The third-order valence-corrected chi connectivity index (χ3v) is 2.97. The summed E-state index contributed by atoms with van der Waals surface area (Å²) in [5.74, 6) is -1.13. The lowest BCUT2D eigenvalue weighted by Gasteiger charge is -2.27. The van der Waals surface area contributed by atoms with E-state index in [4.69, 9.17) is 22.0 Å². The largest absolute Gasteiger partial charge is 0.480 e.